The zero-order valence-electron chi connectivity index (χ0n) is 33.8. The molecular weight excluding hydrogens is 518 g/mol. The van der Waals surface area contributed by atoms with E-state index in [0.717, 1.165) is 27.1 Å². The Morgan fingerprint density at radius 1 is 0.395 bits per heavy atom. The third-order valence-corrected chi connectivity index (χ3v) is 7.62. The molecule has 0 unspecified atom stereocenters. The van der Waals surface area contributed by atoms with E-state index in [1.807, 2.05) is 78.9 Å². The van der Waals surface area contributed by atoms with Crippen LogP contribution in [0.25, 0.3) is 54.6 Å². The fourth-order valence-electron chi connectivity index (χ4n) is 5.62. The molecule has 8 aromatic carbocycles. The van der Waals surface area contributed by atoms with Gasteiger partial charge in [-0.1, -0.05) is 145 Å². The van der Waals surface area contributed by atoms with Gasteiger partial charge in [0.2, 0.25) is 0 Å². The molecule has 0 amide bonds. The first-order chi connectivity index (χ1) is 25.9. The lowest BCUT2D eigenvalue weighted by Gasteiger charge is -2.27. The van der Waals surface area contributed by atoms with Crippen molar-refractivity contribution < 1.29 is 15.1 Å². The maximum atomic E-state index is 9.50. The average Bonchev–Trinajstić information content (AvgIpc) is 3.19. The summed E-state index contributed by atoms with van der Waals surface area (Å²) in [6.07, 6.45) is 0. The molecule has 0 aliphatic carbocycles. The molecule has 1 heteroatoms. The largest absolute Gasteiger partial charge is 0.310 e. The van der Waals surface area contributed by atoms with Crippen LogP contribution in [-0.4, -0.2) is 0 Å². The molecule has 0 bridgehead atoms. The Balaban J connectivity index is 1.51. The van der Waals surface area contributed by atoms with Crippen LogP contribution in [0.2, 0.25) is 0 Å². The summed E-state index contributed by atoms with van der Waals surface area (Å²) in [5, 5.41) is 2.96. The van der Waals surface area contributed by atoms with E-state index < -0.39 is 54.4 Å². The first-order valence-corrected chi connectivity index (χ1v) is 13.9. The summed E-state index contributed by atoms with van der Waals surface area (Å²) in [6.45, 7) is 0. The van der Waals surface area contributed by atoms with Crippen LogP contribution in [0.3, 0.4) is 0 Å². The molecule has 0 saturated carbocycles. The average molecular weight is 559 g/mol. The van der Waals surface area contributed by atoms with Gasteiger partial charge in [0.15, 0.2) is 0 Å². The van der Waals surface area contributed by atoms with Gasteiger partial charge in [0.05, 0.1) is 20.8 Å². The minimum atomic E-state index is -0.625. The number of rotatable bonds is 5. The van der Waals surface area contributed by atoms with Crippen molar-refractivity contribution in [1.82, 2.24) is 0 Å². The van der Waals surface area contributed by atoms with E-state index in [2.05, 4.69) is 0 Å². The number of anilines is 3. The number of benzene rings is 8. The van der Waals surface area contributed by atoms with E-state index >= 15 is 0 Å². The van der Waals surface area contributed by atoms with E-state index in [-0.39, 0.29) is 45.5 Å². The molecule has 0 radical (unpaired) electrons. The van der Waals surface area contributed by atoms with Gasteiger partial charge in [-0.2, -0.15) is 0 Å². The molecule has 0 aliphatic rings. The molecule has 0 spiro atoms. The van der Waals surface area contributed by atoms with E-state index in [1.165, 1.54) is 4.90 Å². The summed E-state index contributed by atoms with van der Waals surface area (Å²) in [5.41, 5.74) is 1.80. The van der Waals surface area contributed by atoms with Gasteiger partial charge in [0, 0.05) is 16.8 Å². The Morgan fingerprint density at radius 3 is 1.74 bits per heavy atom. The molecule has 43 heavy (non-hydrogen) atoms. The van der Waals surface area contributed by atoms with Crippen LogP contribution >= 0.6 is 0 Å². The third kappa shape index (κ3) is 4.52. The Hall–Kier alpha value is -5.66. The number of hydrogen-bond acceptors (Lipinski definition) is 1. The molecule has 0 N–H and O–H groups in total. The van der Waals surface area contributed by atoms with E-state index in [9.17, 15) is 6.85 Å². The van der Waals surface area contributed by atoms with Gasteiger partial charge < -0.3 is 4.90 Å². The Bertz CT molecular complexity index is 2820. The van der Waals surface area contributed by atoms with Gasteiger partial charge in [0.25, 0.3) is 0 Å². The van der Waals surface area contributed by atoms with Gasteiger partial charge >= 0.3 is 0 Å². The summed E-state index contributed by atoms with van der Waals surface area (Å²) in [7, 11) is 0. The van der Waals surface area contributed by atoms with Crippen molar-refractivity contribution in [2.45, 2.75) is 0 Å². The number of nitrogens with zero attached hydrogens (tertiary/aromatic N) is 1. The van der Waals surface area contributed by atoms with Gasteiger partial charge in [-0.3, -0.25) is 0 Å². The predicted octanol–water partition coefficient (Wildman–Crippen LogP) is 11.9. The quantitative estimate of drug-likeness (QED) is 0.203. The zero-order valence-corrected chi connectivity index (χ0v) is 22.8. The minimum absolute atomic E-state index is 0.0653. The van der Waals surface area contributed by atoms with Gasteiger partial charge in [-0.15, -0.1) is 0 Å². The van der Waals surface area contributed by atoms with Crippen LogP contribution in [0.1, 0.15) is 15.1 Å². The smallest absolute Gasteiger partial charge is 0.0645 e. The lowest BCUT2D eigenvalue weighted by Crippen LogP contribution is -2.10. The second kappa shape index (κ2) is 10.6. The molecule has 0 aromatic heterocycles. The summed E-state index contributed by atoms with van der Waals surface area (Å²) >= 11 is 0. The van der Waals surface area contributed by atoms with E-state index in [0.29, 0.717) is 11.1 Å². The van der Waals surface area contributed by atoms with Crippen molar-refractivity contribution in [3.63, 3.8) is 0 Å². The summed E-state index contributed by atoms with van der Waals surface area (Å²) < 4.78 is 99.2. The maximum Gasteiger partial charge on any atom is 0.0645 e. The van der Waals surface area contributed by atoms with E-state index in [1.54, 1.807) is 30.3 Å². The highest BCUT2D eigenvalue weighted by Gasteiger charge is 2.17. The first kappa shape index (κ1) is 16.1. The van der Waals surface area contributed by atoms with Crippen molar-refractivity contribution in [2.75, 3.05) is 4.90 Å². The SMILES string of the molecule is [2H]c1c([2H])c(N(c2cccc(-c3cccc4ccccc34)c2)c2c([2H])c([2H])c([2H])c3c([2H])c([2H])c([2H])c([2H])c23)c([2H])c([2H])c1-c1cccc2ccccc12. The van der Waals surface area contributed by atoms with Crippen LogP contribution < -0.4 is 4.90 Å². The van der Waals surface area contributed by atoms with Gasteiger partial charge in [0.1, 0.15) is 0 Å². The standard InChI is InChI=1S/C42H29N/c1-4-19-37-30(11-1)14-8-22-39(37)33-25-27-35(28-26-33)43(42-24-10-16-32-13-3-6-21-41(32)42)36-18-7-17-34(29-36)40-23-9-15-31-12-2-5-20-38(31)40/h1-29H/i3D,6D,10D,13D,16D,21D,24D,25D,26D,27D,28D. The van der Waals surface area contributed by atoms with Crippen molar-refractivity contribution in [2.24, 2.45) is 0 Å². The topological polar surface area (TPSA) is 3.24 Å². The lowest BCUT2D eigenvalue weighted by atomic mass is 9.97. The van der Waals surface area contributed by atoms with Gasteiger partial charge in [-0.05, 0) is 79.4 Å². The summed E-state index contributed by atoms with van der Waals surface area (Å²) in [5.74, 6) is 0. The summed E-state index contributed by atoms with van der Waals surface area (Å²) in [4.78, 5) is 1.28. The van der Waals surface area contributed by atoms with Crippen molar-refractivity contribution >= 4 is 49.4 Å². The minimum Gasteiger partial charge on any atom is -0.310 e. The second-order valence-corrected chi connectivity index (χ2v) is 10.1. The highest BCUT2D eigenvalue weighted by Crippen LogP contribution is 2.41. The van der Waals surface area contributed by atoms with Crippen LogP contribution in [0, 0.1) is 0 Å². The van der Waals surface area contributed by atoms with Crippen LogP contribution in [0.15, 0.2) is 176 Å². The van der Waals surface area contributed by atoms with Crippen molar-refractivity contribution in [1.29, 1.82) is 0 Å². The Morgan fingerprint density at radius 2 is 1.00 bits per heavy atom. The second-order valence-electron chi connectivity index (χ2n) is 10.1. The van der Waals surface area contributed by atoms with Gasteiger partial charge in [-0.25, -0.2) is 0 Å². The lowest BCUT2D eigenvalue weighted by molar-refractivity contribution is 1.30. The highest BCUT2D eigenvalue weighted by atomic mass is 15.1. The third-order valence-electron chi connectivity index (χ3n) is 7.62. The fourth-order valence-corrected chi connectivity index (χ4v) is 5.62. The fraction of sp³-hybridized carbons (Fsp3) is 0. The summed E-state index contributed by atoms with van der Waals surface area (Å²) in [6, 6.07) is 27.7. The van der Waals surface area contributed by atoms with Crippen LogP contribution in [0.4, 0.5) is 17.1 Å². The molecule has 202 valence electrons. The first-order valence-electron chi connectivity index (χ1n) is 19.4. The van der Waals surface area contributed by atoms with E-state index in [4.69, 9.17) is 8.22 Å². The molecule has 0 heterocycles. The van der Waals surface area contributed by atoms with Crippen molar-refractivity contribution in [3.05, 3.63) is 176 Å². The van der Waals surface area contributed by atoms with Crippen LogP contribution in [-0.2, 0) is 0 Å². The molecule has 1 nitrogen and oxygen atoms in total. The Kier molecular flexibility index (Phi) is 3.98. The Labute approximate surface area is 267 Å². The number of hydrogen-bond donors (Lipinski definition) is 0. The molecule has 8 aromatic rings. The monoisotopic (exact) mass is 558 g/mol. The number of fused-ring (bicyclic) bond motifs is 3. The normalized spacial score (nSPS) is 14.8. The molecular formula is C42H29N. The molecule has 0 atom stereocenters. The molecule has 0 fully saturated rings. The molecule has 8 rings (SSSR count). The van der Waals surface area contributed by atoms with Crippen LogP contribution in [0.5, 0.6) is 0 Å². The highest BCUT2D eigenvalue weighted by molar-refractivity contribution is 6.01. The zero-order chi connectivity index (χ0) is 38.2. The predicted molar refractivity (Wildman–Crippen MR) is 185 cm³/mol. The molecule has 0 aliphatic heterocycles. The maximum absolute atomic E-state index is 9.50. The molecule has 0 saturated heterocycles. The van der Waals surface area contributed by atoms with Crippen molar-refractivity contribution in [3.8, 4) is 22.3 Å².